The Bertz CT molecular complexity index is 1260. The molecule has 3 aromatic rings. The van der Waals surface area contributed by atoms with Crippen molar-refractivity contribution in [1.29, 1.82) is 0 Å². The van der Waals surface area contributed by atoms with Crippen molar-refractivity contribution in [3.05, 3.63) is 107 Å². The summed E-state index contributed by atoms with van der Waals surface area (Å²) in [6.45, 7) is 5.60. The van der Waals surface area contributed by atoms with E-state index in [1.54, 1.807) is 14.0 Å². The predicted octanol–water partition coefficient (Wildman–Crippen LogP) is 3.57. The van der Waals surface area contributed by atoms with Crippen LogP contribution in [-0.4, -0.2) is 59.0 Å². The summed E-state index contributed by atoms with van der Waals surface area (Å²) >= 11 is 0. The van der Waals surface area contributed by atoms with E-state index in [-0.39, 0.29) is 36.7 Å². The number of aliphatic carboxylic acids is 1. The van der Waals surface area contributed by atoms with Crippen LogP contribution < -0.4 is 16.4 Å². The Hall–Kier alpha value is -4.01. The van der Waals surface area contributed by atoms with E-state index in [0.717, 1.165) is 24.0 Å². The van der Waals surface area contributed by atoms with E-state index in [2.05, 4.69) is 59.2 Å². The van der Waals surface area contributed by atoms with E-state index >= 15 is 0 Å². The lowest BCUT2D eigenvalue weighted by Crippen LogP contribution is -2.58. The molecule has 0 radical (unpaired) electrons. The lowest BCUT2D eigenvalue weighted by atomic mass is 9.92. The summed E-state index contributed by atoms with van der Waals surface area (Å²) in [5.41, 5.74) is 10.6. The van der Waals surface area contributed by atoms with Crippen molar-refractivity contribution < 1.29 is 19.5 Å². The molecule has 0 saturated heterocycles. The van der Waals surface area contributed by atoms with Crippen LogP contribution in [0.15, 0.2) is 84.9 Å². The van der Waals surface area contributed by atoms with E-state index in [4.69, 9.17) is 5.73 Å². The Balaban J connectivity index is 0.000000258. The van der Waals surface area contributed by atoms with Crippen molar-refractivity contribution >= 4 is 17.8 Å². The molecule has 8 nitrogen and oxygen atoms in total. The molecule has 4 rings (SSSR count). The van der Waals surface area contributed by atoms with Gasteiger partial charge in [0.15, 0.2) is 0 Å². The van der Waals surface area contributed by atoms with Gasteiger partial charge in [0, 0.05) is 19.0 Å². The second-order valence-electron chi connectivity index (χ2n) is 11.2. The standard InChI is InChI=1S/C19H27N3O4.C15H17N/c1-11(2)16(21-17(23)12(3)20-4)18(24)22-10-14-8-6-5-7-13(14)9-15(22)19(25)26;16-15(11-13-7-3-1-4-8-13)12-14-9-5-2-6-10-14/h5-8,11-12,15-16,20H,9-10H2,1-4H3,(H,21,23)(H,25,26);1-10,15H,11-12,16H2. The zero-order valence-corrected chi connectivity index (χ0v) is 25.0. The maximum Gasteiger partial charge on any atom is 0.326 e. The van der Waals surface area contributed by atoms with Crippen LogP contribution in [0.25, 0.3) is 0 Å². The summed E-state index contributed by atoms with van der Waals surface area (Å²) < 4.78 is 0. The lowest BCUT2D eigenvalue weighted by Gasteiger charge is -2.37. The van der Waals surface area contributed by atoms with Gasteiger partial charge in [-0.1, -0.05) is 98.8 Å². The number of carbonyl (C=O) groups excluding carboxylic acids is 2. The fraction of sp³-hybridized carbons (Fsp3) is 0.382. The number of likely N-dealkylation sites (N-methyl/N-ethyl adjacent to an activating group) is 1. The minimum absolute atomic E-state index is 0.165. The molecular formula is C34H44N4O4. The molecule has 2 amide bonds. The van der Waals surface area contributed by atoms with Gasteiger partial charge in [0.2, 0.25) is 11.8 Å². The lowest BCUT2D eigenvalue weighted by molar-refractivity contribution is -0.153. The van der Waals surface area contributed by atoms with Gasteiger partial charge in [-0.3, -0.25) is 9.59 Å². The number of amides is 2. The van der Waals surface area contributed by atoms with E-state index in [0.29, 0.717) is 0 Å². The van der Waals surface area contributed by atoms with Crippen LogP contribution in [0.3, 0.4) is 0 Å². The third-order valence-electron chi connectivity index (χ3n) is 7.55. The summed E-state index contributed by atoms with van der Waals surface area (Å²) in [6, 6.07) is 26.4. The summed E-state index contributed by atoms with van der Waals surface area (Å²) in [4.78, 5) is 38.5. The molecule has 0 spiro atoms. The number of rotatable bonds is 10. The molecule has 42 heavy (non-hydrogen) atoms. The normalized spacial score (nSPS) is 15.7. The predicted molar refractivity (Wildman–Crippen MR) is 166 cm³/mol. The van der Waals surface area contributed by atoms with Crippen LogP contribution in [0.2, 0.25) is 0 Å². The highest BCUT2D eigenvalue weighted by Crippen LogP contribution is 2.25. The third kappa shape index (κ3) is 9.26. The molecule has 1 aliphatic rings. The second kappa shape index (κ2) is 15.8. The molecule has 1 aliphatic heterocycles. The molecule has 1 heterocycles. The van der Waals surface area contributed by atoms with Crippen LogP contribution in [0.4, 0.5) is 0 Å². The maximum atomic E-state index is 13.1. The van der Waals surface area contributed by atoms with Gasteiger partial charge in [-0.25, -0.2) is 4.79 Å². The van der Waals surface area contributed by atoms with E-state index < -0.39 is 24.1 Å². The maximum absolute atomic E-state index is 13.1. The first-order valence-electron chi connectivity index (χ1n) is 14.5. The highest BCUT2D eigenvalue weighted by atomic mass is 16.4. The summed E-state index contributed by atoms with van der Waals surface area (Å²) in [7, 11) is 1.67. The van der Waals surface area contributed by atoms with Crippen molar-refractivity contribution in [1.82, 2.24) is 15.5 Å². The molecule has 3 atom stereocenters. The van der Waals surface area contributed by atoms with Gasteiger partial charge in [-0.2, -0.15) is 0 Å². The van der Waals surface area contributed by atoms with Crippen LogP contribution in [-0.2, 0) is 40.2 Å². The monoisotopic (exact) mass is 572 g/mol. The summed E-state index contributed by atoms with van der Waals surface area (Å²) in [5.74, 6) is -1.85. The van der Waals surface area contributed by atoms with Crippen molar-refractivity contribution in [2.24, 2.45) is 11.7 Å². The molecule has 0 fully saturated rings. The van der Waals surface area contributed by atoms with Crippen LogP contribution in [0, 0.1) is 5.92 Å². The van der Waals surface area contributed by atoms with Crippen LogP contribution >= 0.6 is 0 Å². The first-order valence-corrected chi connectivity index (χ1v) is 14.5. The number of hydrogen-bond donors (Lipinski definition) is 4. The number of benzene rings is 3. The van der Waals surface area contributed by atoms with Gasteiger partial charge in [-0.15, -0.1) is 0 Å². The number of carbonyl (C=O) groups is 3. The fourth-order valence-corrected chi connectivity index (χ4v) is 4.98. The number of carboxylic acids is 1. The SMILES string of the molecule is CNC(C)C(=O)NC(C(=O)N1Cc2ccccc2CC1C(=O)O)C(C)C.NC(Cc1ccccc1)Cc1ccccc1. The Morgan fingerprint density at radius 3 is 1.83 bits per heavy atom. The smallest absolute Gasteiger partial charge is 0.326 e. The molecule has 8 heteroatoms. The molecule has 3 unspecified atom stereocenters. The van der Waals surface area contributed by atoms with Crippen molar-refractivity contribution in [3.8, 4) is 0 Å². The number of fused-ring (bicyclic) bond motifs is 1. The molecular weight excluding hydrogens is 528 g/mol. The molecule has 0 saturated carbocycles. The minimum Gasteiger partial charge on any atom is -0.480 e. The highest BCUT2D eigenvalue weighted by Gasteiger charge is 2.39. The average molecular weight is 573 g/mol. The number of carboxylic acid groups (broad SMARTS) is 1. The molecule has 224 valence electrons. The Morgan fingerprint density at radius 2 is 1.36 bits per heavy atom. The van der Waals surface area contributed by atoms with Crippen molar-refractivity contribution in [2.75, 3.05) is 7.05 Å². The first-order chi connectivity index (χ1) is 20.1. The average Bonchev–Trinajstić information content (AvgIpc) is 2.99. The van der Waals surface area contributed by atoms with E-state index in [1.807, 2.05) is 50.2 Å². The molecule has 5 N–H and O–H groups in total. The number of nitrogens with two attached hydrogens (primary N) is 1. The fourth-order valence-electron chi connectivity index (χ4n) is 4.98. The highest BCUT2D eigenvalue weighted by molar-refractivity contribution is 5.92. The topological polar surface area (TPSA) is 125 Å². The quantitative estimate of drug-likeness (QED) is 0.294. The van der Waals surface area contributed by atoms with Gasteiger partial charge in [-0.05, 0) is 55.0 Å². The Kier molecular flexibility index (Phi) is 12.3. The molecule has 0 aliphatic carbocycles. The van der Waals surface area contributed by atoms with Crippen LogP contribution in [0.1, 0.15) is 43.0 Å². The number of nitrogens with zero attached hydrogens (tertiary/aromatic N) is 1. The Morgan fingerprint density at radius 1 is 0.857 bits per heavy atom. The summed E-state index contributed by atoms with van der Waals surface area (Å²) in [5, 5.41) is 15.2. The van der Waals surface area contributed by atoms with E-state index in [9.17, 15) is 19.5 Å². The molecule has 3 aromatic carbocycles. The number of hydrogen-bond acceptors (Lipinski definition) is 5. The number of nitrogens with one attached hydrogen (secondary N) is 2. The second-order valence-corrected chi connectivity index (χ2v) is 11.2. The molecule has 0 bridgehead atoms. The minimum atomic E-state index is -1.04. The van der Waals surface area contributed by atoms with Gasteiger partial charge >= 0.3 is 5.97 Å². The van der Waals surface area contributed by atoms with Crippen molar-refractivity contribution in [3.63, 3.8) is 0 Å². The van der Waals surface area contributed by atoms with Crippen LogP contribution in [0.5, 0.6) is 0 Å². The summed E-state index contributed by atoms with van der Waals surface area (Å²) in [6.07, 6.45) is 2.15. The van der Waals surface area contributed by atoms with E-state index in [1.165, 1.54) is 16.0 Å². The van der Waals surface area contributed by atoms with Gasteiger partial charge < -0.3 is 26.4 Å². The van der Waals surface area contributed by atoms with Gasteiger partial charge in [0.05, 0.1) is 6.04 Å². The van der Waals surface area contributed by atoms with Crippen molar-refractivity contribution in [2.45, 2.75) is 70.7 Å². The van der Waals surface area contributed by atoms with Gasteiger partial charge in [0.1, 0.15) is 12.1 Å². The third-order valence-corrected chi connectivity index (χ3v) is 7.55. The zero-order valence-electron chi connectivity index (χ0n) is 25.0. The zero-order chi connectivity index (χ0) is 30.6. The molecule has 0 aromatic heterocycles. The first kappa shape index (κ1) is 32.5. The van der Waals surface area contributed by atoms with Gasteiger partial charge in [0.25, 0.3) is 0 Å². The largest absolute Gasteiger partial charge is 0.480 e. The Labute approximate surface area is 249 Å².